The van der Waals surface area contributed by atoms with E-state index in [0.717, 1.165) is 16.6 Å². The molecule has 0 radical (unpaired) electrons. The monoisotopic (exact) mass is 276 g/mol. The van der Waals surface area contributed by atoms with E-state index in [9.17, 15) is 0 Å². The standard InChI is InChI=1S/C11H14BrClO/c1-4-11(2,3)14-10-6-5-8(12)7-9(10)13/h5-7H,4H2,1-3H3. The summed E-state index contributed by atoms with van der Waals surface area (Å²) in [7, 11) is 0. The van der Waals surface area contributed by atoms with Crippen molar-refractivity contribution in [3.8, 4) is 5.75 Å². The third kappa shape index (κ3) is 3.18. The van der Waals surface area contributed by atoms with E-state index in [2.05, 4.69) is 22.9 Å². The van der Waals surface area contributed by atoms with Crippen LogP contribution in [-0.4, -0.2) is 5.60 Å². The van der Waals surface area contributed by atoms with Crippen molar-refractivity contribution in [2.45, 2.75) is 32.8 Å². The molecule has 0 bridgehead atoms. The maximum absolute atomic E-state index is 6.04. The second kappa shape index (κ2) is 4.54. The summed E-state index contributed by atoms with van der Waals surface area (Å²) in [4.78, 5) is 0. The Labute approximate surface area is 98.5 Å². The molecule has 0 atom stereocenters. The Morgan fingerprint density at radius 3 is 2.57 bits per heavy atom. The fraction of sp³-hybridized carbons (Fsp3) is 0.455. The summed E-state index contributed by atoms with van der Waals surface area (Å²) < 4.78 is 6.75. The molecule has 78 valence electrons. The van der Waals surface area contributed by atoms with E-state index in [4.69, 9.17) is 16.3 Å². The molecule has 1 aromatic carbocycles. The molecule has 0 aliphatic rings. The zero-order valence-corrected chi connectivity index (χ0v) is 10.9. The Morgan fingerprint density at radius 1 is 1.43 bits per heavy atom. The lowest BCUT2D eigenvalue weighted by molar-refractivity contribution is 0.105. The van der Waals surface area contributed by atoms with Crippen LogP contribution in [0.4, 0.5) is 0 Å². The van der Waals surface area contributed by atoms with Gasteiger partial charge in [0, 0.05) is 4.47 Å². The van der Waals surface area contributed by atoms with Crippen LogP contribution in [0, 0.1) is 0 Å². The molecular formula is C11H14BrClO. The van der Waals surface area contributed by atoms with Gasteiger partial charge in [0.1, 0.15) is 11.4 Å². The number of rotatable bonds is 3. The number of ether oxygens (including phenoxy) is 1. The predicted molar refractivity (Wildman–Crippen MR) is 64.2 cm³/mol. The van der Waals surface area contributed by atoms with E-state index < -0.39 is 0 Å². The summed E-state index contributed by atoms with van der Waals surface area (Å²) >= 11 is 9.39. The molecular weight excluding hydrogens is 263 g/mol. The molecule has 0 aliphatic heterocycles. The van der Waals surface area contributed by atoms with Crippen molar-refractivity contribution in [3.05, 3.63) is 27.7 Å². The minimum atomic E-state index is -0.169. The van der Waals surface area contributed by atoms with Gasteiger partial charge in [0.25, 0.3) is 0 Å². The largest absolute Gasteiger partial charge is 0.486 e. The van der Waals surface area contributed by atoms with Gasteiger partial charge in [-0.25, -0.2) is 0 Å². The summed E-state index contributed by atoms with van der Waals surface area (Å²) in [5, 5.41) is 0.640. The normalized spacial score (nSPS) is 11.5. The molecule has 0 aliphatic carbocycles. The van der Waals surface area contributed by atoms with Gasteiger partial charge < -0.3 is 4.74 Å². The molecule has 0 spiro atoms. The van der Waals surface area contributed by atoms with Crippen molar-refractivity contribution in [2.24, 2.45) is 0 Å². The van der Waals surface area contributed by atoms with Crippen LogP contribution in [0.3, 0.4) is 0 Å². The van der Waals surface area contributed by atoms with Gasteiger partial charge in [-0.3, -0.25) is 0 Å². The van der Waals surface area contributed by atoms with E-state index in [1.165, 1.54) is 0 Å². The molecule has 0 saturated heterocycles. The number of hydrogen-bond acceptors (Lipinski definition) is 1. The van der Waals surface area contributed by atoms with Crippen molar-refractivity contribution in [2.75, 3.05) is 0 Å². The van der Waals surface area contributed by atoms with Crippen LogP contribution in [0.15, 0.2) is 22.7 Å². The predicted octanol–water partition coefficient (Wildman–Crippen LogP) is 4.67. The Kier molecular flexibility index (Phi) is 3.85. The highest BCUT2D eigenvalue weighted by atomic mass is 79.9. The average molecular weight is 278 g/mol. The number of hydrogen-bond donors (Lipinski definition) is 0. The van der Waals surface area contributed by atoms with Gasteiger partial charge >= 0.3 is 0 Å². The highest BCUT2D eigenvalue weighted by Crippen LogP contribution is 2.31. The average Bonchev–Trinajstić information content (AvgIpc) is 2.10. The van der Waals surface area contributed by atoms with Crippen LogP contribution in [0.5, 0.6) is 5.75 Å². The van der Waals surface area contributed by atoms with E-state index in [0.29, 0.717) is 5.02 Å². The Morgan fingerprint density at radius 2 is 2.07 bits per heavy atom. The van der Waals surface area contributed by atoms with Crippen molar-refractivity contribution in [1.29, 1.82) is 0 Å². The summed E-state index contributed by atoms with van der Waals surface area (Å²) in [6.07, 6.45) is 0.944. The summed E-state index contributed by atoms with van der Waals surface area (Å²) in [6.45, 7) is 6.18. The second-order valence-corrected chi connectivity index (χ2v) is 5.11. The van der Waals surface area contributed by atoms with E-state index in [1.807, 2.05) is 32.0 Å². The van der Waals surface area contributed by atoms with Gasteiger partial charge in [-0.2, -0.15) is 0 Å². The molecule has 0 fully saturated rings. The van der Waals surface area contributed by atoms with Crippen LogP contribution in [0.2, 0.25) is 5.02 Å². The number of benzene rings is 1. The van der Waals surface area contributed by atoms with Crippen LogP contribution in [0.25, 0.3) is 0 Å². The van der Waals surface area contributed by atoms with Crippen LogP contribution in [0.1, 0.15) is 27.2 Å². The molecule has 1 rings (SSSR count). The maximum atomic E-state index is 6.04. The summed E-state index contributed by atoms with van der Waals surface area (Å²) in [6, 6.07) is 5.64. The highest BCUT2D eigenvalue weighted by Gasteiger charge is 2.18. The van der Waals surface area contributed by atoms with Crippen LogP contribution < -0.4 is 4.74 Å². The molecule has 0 aromatic heterocycles. The van der Waals surface area contributed by atoms with Crippen LogP contribution >= 0.6 is 27.5 Å². The molecule has 3 heteroatoms. The first-order chi connectivity index (χ1) is 6.44. The topological polar surface area (TPSA) is 9.23 Å². The summed E-state index contributed by atoms with van der Waals surface area (Å²) in [5.74, 6) is 0.738. The fourth-order valence-corrected chi connectivity index (χ4v) is 1.64. The van der Waals surface area contributed by atoms with Gasteiger partial charge in [-0.05, 0) is 38.5 Å². The van der Waals surface area contributed by atoms with Gasteiger partial charge in [0.15, 0.2) is 0 Å². The third-order valence-electron chi connectivity index (χ3n) is 2.13. The van der Waals surface area contributed by atoms with E-state index in [-0.39, 0.29) is 5.60 Å². The molecule has 0 N–H and O–H groups in total. The lowest BCUT2D eigenvalue weighted by atomic mass is 10.1. The lowest BCUT2D eigenvalue weighted by Gasteiger charge is -2.25. The molecule has 0 amide bonds. The third-order valence-corrected chi connectivity index (χ3v) is 2.92. The SMILES string of the molecule is CCC(C)(C)Oc1ccc(Br)cc1Cl. The second-order valence-electron chi connectivity index (χ2n) is 3.79. The molecule has 14 heavy (non-hydrogen) atoms. The molecule has 0 saturated carbocycles. The summed E-state index contributed by atoms with van der Waals surface area (Å²) in [5.41, 5.74) is -0.169. The minimum absolute atomic E-state index is 0.169. The highest BCUT2D eigenvalue weighted by molar-refractivity contribution is 9.10. The maximum Gasteiger partial charge on any atom is 0.138 e. The smallest absolute Gasteiger partial charge is 0.138 e. The zero-order chi connectivity index (χ0) is 10.8. The molecule has 0 heterocycles. The van der Waals surface area contributed by atoms with Crippen LogP contribution in [-0.2, 0) is 0 Å². The van der Waals surface area contributed by atoms with Crippen molar-refractivity contribution in [3.63, 3.8) is 0 Å². The first-order valence-electron chi connectivity index (χ1n) is 4.58. The Hall–Kier alpha value is -0.210. The molecule has 0 unspecified atom stereocenters. The van der Waals surface area contributed by atoms with Gasteiger partial charge in [-0.1, -0.05) is 34.5 Å². The van der Waals surface area contributed by atoms with Crippen molar-refractivity contribution >= 4 is 27.5 Å². The van der Waals surface area contributed by atoms with Gasteiger partial charge in [0.05, 0.1) is 5.02 Å². The van der Waals surface area contributed by atoms with Gasteiger partial charge in [-0.15, -0.1) is 0 Å². The Balaban J connectivity index is 2.87. The van der Waals surface area contributed by atoms with E-state index >= 15 is 0 Å². The lowest BCUT2D eigenvalue weighted by Crippen LogP contribution is -2.26. The fourth-order valence-electron chi connectivity index (χ4n) is 0.928. The van der Waals surface area contributed by atoms with Gasteiger partial charge in [0.2, 0.25) is 0 Å². The van der Waals surface area contributed by atoms with Crippen molar-refractivity contribution < 1.29 is 4.74 Å². The number of halogens is 2. The first kappa shape index (κ1) is 11.9. The van der Waals surface area contributed by atoms with E-state index in [1.54, 1.807) is 0 Å². The molecule has 1 aromatic rings. The zero-order valence-electron chi connectivity index (χ0n) is 8.60. The quantitative estimate of drug-likeness (QED) is 0.780. The first-order valence-corrected chi connectivity index (χ1v) is 5.76. The minimum Gasteiger partial charge on any atom is -0.486 e. The van der Waals surface area contributed by atoms with Crippen molar-refractivity contribution in [1.82, 2.24) is 0 Å². The molecule has 1 nitrogen and oxygen atoms in total. The Bertz CT molecular complexity index is 323.